The molecule has 0 aromatic carbocycles. The van der Waals surface area contributed by atoms with Crippen molar-refractivity contribution in [3.8, 4) is 6.07 Å². The summed E-state index contributed by atoms with van der Waals surface area (Å²) >= 11 is 0. The van der Waals surface area contributed by atoms with Gasteiger partial charge >= 0.3 is 0 Å². The first-order valence-corrected chi connectivity index (χ1v) is 6.60. The van der Waals surface area contributed by atoms with E-state index in [0.29, 0.717) is 5.56 Å². The molecular formula is C14H16N4. The van der Waals surface area contributed by atoms with Crippen molar-refractivity contribution >= 4 is 5.65 Å². The number of hydrogen-bond acceptors (Lipinski definition) is 3. The number of nitriles is 1. The number of fused-ring (bicyclic) bond motifs is 1. The molecule has 0 amide bonds. The van der Waals surface area contributed by atoms with E-state index in [9.17, 15) is 0 Å². The third kappa shape index (κ3) is 2.08. The Hall–Kier alpha value is -1.89. The van der Waals surface area contributed by atoms with Crippen molar-refractivity contribution in [2.75, 3.05) is 0 Å². The Morgan fingerprint density at radius 3 is 2.83 bits per heavy atom. The minimum absolute atomic E-state index is 0.659. The van der Waals surface area contributed by atoms with Crippen LogP contribution in [0, 0.1) is 17.2 Å². The first kappa shape index (κ1) is 11.2. The molecule has 0 saturated heterocycles. The fourth-order valence-corrected chi connectivity index (χ4v) is 2.79. The van der Waals surface area contributed by atoms with E-state index in [-0.39, 0.29) is 0 Å². The fourth-order valence-electron chi connectivity index (χ4n) is 2.79. The van der Waals surface area contributed by atoms with E-state index >= 15 is 0 Å². The molecule has 2 aromatic heterocycles. The van der Waals surface area contributed by atoms with Crippen LogP contribution in [0.4, 0.5) is 0 Å². The fraction of sp³-hybridized carbons (Fsp3) is 0.500. The van der Waals surface area contributed by atoms with Crippen LogP contribution in [0.25, 0.3) is 5.65 Å². The molecular weight excluding hydrogens is 224 g/mol. The molecule has 2 heterocycles. The van der Waals surface area contributed by atoms with Gasteiger partial charge in [0.15, 0.2) is 5.65 Å². The predicted molar refractivity (Wildman–Crippen MR) is 68.0 cm³/mol. The lowest BCUT2D eigenvalue weighted by atomic mass is 9.87. The van der Waals surface area contributed by atoms with Gasteiger partial charge in [-0.25, -0.2) is 0 Å². The van der Waals surface area contributed by atoms with Gasteiger partial charge in [0.05, 0.1) is 5.56 Å². The first-order chi connectivity index (χ1) is 8.86. The van der Waals surface area contributed by atoms with Crippen molar-refractivity contribution in [1.29, 1.82) is 5.26 Å². The normalized spacial score (nSPS) is 16.8. The van der Waals surface area contributed by atoms with Crippen molar-refractivity contribution < 1.29 is 0 Å². The Balaban J connectivity index is 1.89. The average molecular weight is 240 g/mol. The molecule has 1 aliphatic rings. The van der Waals surface area contributed by atoms with Gasteiger partial charge < -0.3 is 0 Å². The number of aromatic nitrogens is 3. The average Bonchev–Trinajstić information content (AvgIpc) is 2.82. The third-order valence-electron chi connectivity index (χ3n) is 3.80. The monoisotopic (exact) mass is 240 g/mol. The van der Waals surface area contributed by atoms with Gasteiger partial charge in [0, 0.05) is 12.6 Å². The molecule has 1 fully saturated rings. The number of nitrogens with zero attached hydrogens (tertiary/aromatic N) is 4. The van der Waals surface area contributed by atoms with Crippen LogP contribution in [0.15, 0.2) is 18.3 Å². The SMILES string of the molecule is N#Cc1ccc2nnc(CC3CCCCC3)n2c1. The molecule has 0 N–H and O–H groups in total. The Morgan fingerprint density at radius 2 is 2.06 bits per heavy atom. The van der Waals surface area contributed by atoms with E-state index in [1.165, 1.54) is 32.1 Å². The van der Waals surface area contributed by atoms with Crippen LogP contribution in [-0.4, -0.2) is 14.6 Å². The maximum Gasteiger partial charge on any atom is 0.160 e. The summed E-state index contributed by atoms with van der Waals surface area (Å²) in [6, 6.07) is 5.81. The van der Waals surface area contributed by atoms with E-state index in [1.54, 1.807) is 6.07 Å². The molecule has 0 spiro atoms. The summed E-state index contributed by atoms with van der Waals surface area (Å²) in [5, 5.41) is 17.4. The summed E-state index contributed by atoms with van der Waals surface area (Å²) in [6.45, 7) is 0. The summed E-state index contributed by atoms with van der Waals surface area (Å²) in [4.78, 5) is 0. The van der Waals surface area contributed by atoms with Gasteiger partial charge in [0.1, 0.15) is 11.9 Å². The second-order valence-electron chi connectivity index (χ2n) is 5.08. The van der Waals surface area contributed by atoms with Crippen molar-refractivity contribution in [3.63, 3.8) is 0 Å². The van der Waals surface area contributed by atoms with Crippen LogP contribution in [0.5, 0.6) is 0 Å². The lowest BCUT2D eigenvalue weighted by Gasteiger charge is -2.20. The quantitative estimate of drug-likeness (QED) is 0.811. The Morgan fingerprint density at radius 1 is 1.22 bits per heavy atom. The van der Waals surface area contributed by atoms with Gasteiger partial charge in [-0.3, -0.25) is 4.40 Å². The zero-order valence-electron chi connectivity index (χ0n) is 10.3. The molecule has 4 nitrogen and oxygen atoms in total. The lowest BCUT2D eigenvalue weighted by Crippen LogP contribution is -2.11. The number of hydrogen-bond donors (Lipinski definition) is 0. The first-order valence-electron chi connectivity index (χ1n) is 6.60. The van der Waals surface area contributed by atoms with Crippen molar-refractivity contribution in [2.45, 2.75) is 38.5 Å². The smallest absolute Gasteiger partial charge is 0.160 e. The van der Waals surface area contributed by atoms with Gasteiger partial charge in [-0.05, 0) is 18.1 Å². The highest BCUT2D eigenvalue weighted by Gasteiger charge is 2.17. The zero-order chi connectivity index (χ0) is 12.4. The van der Waals surface area contributed by atoms with Crippen LogP contribution < -0.4 is 0 Å². The highest BCUT2D eigenvalue weighted by molar-refractivity contribution is 5.42. The number of rotatable bonds is 2. The second-order valence-corrected chi connectivity index (χ2v) is 5.08. The summed E-state index contributed by atoms with van der Waals surface area (Å²) in [5.74, 6) is 1.73. The maximum atomic E-state index is 8.94. The van der Waals surface area contributed by atoms with Crippen molar-refractivity contribution in [3.05, 3.63) is 29.7 Å². The highest BCUT2D eigenvalue weighted by Crippen LogP contribution is 2.26. The predicted octanol–water partition coefficient (Wildman–Crippen LogP) is 2.72. The molecule has 1 saturated carbocycles. The molecule has 18 heavy (non-hydrogen) atoms. The second kappa shape index (κ2) is 4.77. The van der Waals surface area contributed by atoms with E-state index < -0.39 is 0 Å². The van der Waals surface area contributed by atoms with Gasteiger partial charge in [-0.15, -0.1) is 10.2 Å². The maximum absolute atomic E-state index is 8.94. The third-order valence-corrected chi connectivity index (χ3v) is 3.80. The zero-order valence-corrected chi connectivity index (χ0v) is 10.3. The van der Waals surface area contributed by atoms with E-state index in [4.69, 9.17) is 5.26 Å². The number of pyridine rings is 1. The molecule has 92 valence electrons. The molecule has 1 aliphatic carbocycles. The lowest BCUT2D eigenvalue weighted by molar-refractivity contribution is 0.351. The summed E-state index contributed by atoms with van der Waals surface area (Å²) < 4.78 is 1.97. The minimum Gasteiger partial charge on any atom is -0.285 e. The highest BCUT2D eigenvalue weighted by atomic mass is 15.2. The van der Waals surface area contributed by atoms with Crippen LogP contribution in [0.2, 0.25) is 0 Å². The molecule has 2 aromatic rings. The molecule has 4 heteroatoms. The van der Waals surface area contributed by atoms with Gasteiger partial charge in [0.25, 0.3) is 0 Å². The van der Waals surface area contributed by atoms with Crippen LogP contribution in [0.1, 0.15) is 43.5 Å². The Bertz CT molecular complexity index is 587. The van der Waals surface area contributed by atoms with Crippen LogP contribution in [0.3, 0.4) is 0 Å². The standard InChI is InChI=1S/C14H16N4/c15-9-12-6-7-13-16-17-14(18(13)10-12)8-11-4-2-1-3-5-11/h6-7,10-11H,1-5,8H2. The van der Waals surface area contributed by atoms with Gasteiger partial charge in [-0.1, -0.05) is 32.1 Å². The van der Waals surface area contributed by atoms with Crippen LogP contribution >= 0.6 is 0 Å². The molecule has 0 atom stereocenters. The van der Waals surface area contributed by atoms with Crippen molar-refractivity contribution in [2.24, 2.45) is 5.92 Å². The van der Waals surface area contributed by atoms with E-state index in [0.717, 1.165) is 23.8 Å². The van der Waals surface area contributed by atoms with Crippen molar-refractivity contribution in [1.82, 2.24) is 14.6 Å². The summed E-state index contributed by atoms with van der Waals surface area (Å²) in [6.07, 6.45) is 9.47. The Labute approximate surface area is 106 Å². The molecule has 0 bridgehead atoms. The van der Waals surface area contributed by atoms with Gasteiger partial charge in [-0.2, -0.15) is 5.26 Å². The van der Waals surface area contributed by atoms with E-state index in [2.05, 4.69) is 16.3 Å². The molecule has 0 radical (unpaired) electrons. The Kier molecular flexibility index (Phi) is 2.97. The van der Waals surface area contributed by atoms with Crippen LogP contribution in [-0.2, 0) is 6.42 Å². The molecule has 3 rings (SSSR count). The van der Waals surface area contributed by atoms with E-state index in [1.807, 2.05) is 16.7 Å². The molecule has 0 unspecified atom stereocenters. The largest absolute Gasteiger partial charge is 0.285 e. The topological polar surface area (TPSA) is 54.0 Å². The van der Waals surface area contributed by atoms with Gasteiger partial charge in [0.2, 0.25) is 0 Å². The summed E-state index contributed by atoms with van der Waals surface area (Å²) in [7, 11) is 0. The molecule has 0 aliphatic heterocycles. The summed E-state index contributed by atoms with van der Waals surface area (Å²) in [5.41, 5.74) is 1.49. The minimum atomic E-state index is 0.659.